The van der Waals surface area contributed by atoms with Crippen LogP contribution >= 0.6 is 0 Å². The molecule has 8 rings (SSSR count). The van der Waals surface area contributed by atoms with Crippen LogP contribution in [0.3, 0.4) is 0 Å². The molecule has 0 radical (unpaired) electrons. The van der Waals surface area contributed by atoms with E-state index in [9.17, 15) is 21.0 Å². The Kier molecular flexibility index (Phi) is 6.83. The first-order valence-corrected chi connectivity index (χ1v) is 15.5. The largest absolute Gasteiger partial charge is 0.206 e. The lowest BCUT2D eigenvalue weighted by molar-refractivity contribution is 0.640. The van der Waals surface area contributed by atoms with Crippen LogP contribution in [0.4, 0.5) is 4.39 Å². The van der Waals surface area contributed by atoms with Gasteiger partial charge in [0.15, 0.2) is 0 Å². The Morgan fingerprint density at radius 3 is 1.22 bits per heavy atom. The minimum absolute atomic E-state index is 0.0115. The van der Waals surface area contributed by atoms with Gasteiger partial charge in [-0.2, -0.15) is 21.0 Å². The van der Waals surface area contributed by atoms with Crippen molar-refractivity contribution in [2.24, 2.45) is 0 Å². The zero-order valence-corrected chi connectivity index (χ0v) is 25.8. The lowest BCUT2D eigenvalue weighted by Gasteiger charge is -2.08. The van der Waals surface area contributed by atoms with E-state index in [1.807, 2.05) is 84.9 Å². The summed E-state index contributed by atoms with van der Waals surface area (Å²) >= 11 is 0. The standard InChI is InChI=1S/C44H21FN4/c45-38-21-20-37-42-35(38)2-1-3-36(42)43-39(32-16-12-30(13-17-32)28-8-4-26(22-46)5-9-28)41(34(24-48)25-49)40(44(37)43)33-18-14-31(15-19-33)29-10-6-27(23-47)7-11-29/h1-21H. The van der Waals surface area contributed by atoms with Crippen molar-refractivity contribution in [2.45, 2.75) is 0 Å². The van der Waals surface area contributed by atoms with E-state index in [0.717, 1.165) is 71.8 Å². The maximum Gasteiger partial charge on any atom is 0.138 e. The van der Waals surface area contributed by atoms with E-state index >= 15 is 4.39 Å². The van der Waals surface area contributed by atoms with Gasteiger partial charge >= 0.3 is 0 Å². The Morgan fingerprint density at radius 1 is 0.408 bits per heavy atom. The lowest BCUT2D eigenvalue weighted by Crippen LogP contribution is -2.08. The zero-order valence-electron chi connectivity index (χ0n) is 25.8. The molecule has 0 amide bonds. The Morgan fingerprint density at radius 2 is 0.796 bits per heavy atom. The van der Waals surface area contributed by atoms with Crippen molar-refractivity contribution in [2.75, 3.05) is 0 Å². The van der Waals surface area contributed by atoms with E-state index < -0.39 is 0 Å². The predicted molar refractivity (Wildman–Crippen MR) is 190 cm³/mol. The molecular formula is C44H21FN4. The third kappa shape index (κ3) is 4.55. The highest BCUT2D eigenvalue weighted by Crippen LogP contribution is 2.52. The molecule has 0 heterocycles. The number of hydrogen-bond acceptors (Lipinski definition) is 4. The van der Waals surface area contributed by atoms with Crippen LogP contribution in [-0.4, -0.2) is 0 Å². The second-order valence-electron chi connectivity index (χ2n) is 11.8. The summed E-state index contributed by atoms with van der Waals surface area (Å²) in [5, 5.41) is 42.7. The molecule has 0 atom stereocenters. The normalized spacial score (nSPS) is 10.9. The molecule has 6 aromatic carbocycles. The third-order valence-corrected chi connectivity index (χ3v) is 9.29. The van der Waals surface area contributed by atoms with Crippen molar-refractivity contribution in [3.63, 3.8) is 0 Å². The van der Waals surface area contributed by atoms with Crippen LogP contribution in [0.5, 0.6) is 0 Å². The van der Waals surface area contributed by atoms with Crippen molar-refractivity contribution in [1.82, 2.24) is 0 Å². The summed E-state index contributed by atoms with van der Waals surface area (Å²) in [5.74, 6) is -0.311. The Balaban J connectivity index is 1.43. The van der Waals surface area contributed by atoms with Crippen LogP contribution in [0, 0.1) is 51.1 Å². The molecule has 2 aliphatic rings. The molecule has 0 saturated heterocycles. The van der Waals surface area contributed by atoms with Gasteiger partial charge in [-0.05, 0) is 85.6 Å². The van der Waals surface area contributed by atoms with E-state index in [-0.39, 0.29) is 11.4 Å². The Labute approximate surface area is 281 Å². The molecule has 0 fully saturated rings. The first-order valence-electron chi connectivity index (χ1n) is 15.5. The Bertz CT molecular complexity index is 2610. The fraction of sp³-hybridized carbons (Fsp3) is 0. The quantitative estimate of drug-likeness (QED) is 0.195. The molecule has 224 valence electrons. The highest BCUT2D eigenvalue weighted by atomic mass is 19.1. The van der Waals surface area contributed by atoms with Gasteiger partial charge in [-0.15, -0.1) is 0 Å². The van der Waals surface area contributed by atoms with Crippen LogP contribution in [0.15, 0.2) is 127 Å². The highest BCUT2D eigenvalue weighted by molar-refractivity contribution is 6.29. The van der Waals surface area contributed by atoms with Crippen molar-refractivity contribution >= 4 is 27.1 Å². The number of hydrogen-bond donors (Lipinski definition) is 0. The number of halogens is 1. The molecule has 0 aliphatic heterocycles. The monoisotopic (exact) mass is 624 g/mol. The van der Waals surface area contributed by atoms with Crippen LogP contribution < -0.4 is 5.22 Å². The van der Waals surface area contributed by atoms with Gasteiger partial charge in [-0.3, -0.25) is 0 Å². The maximum atomic E-state index is 15.2. The zero-order chi connectivity index (χ0) is 33.6. The summed E-state index contributed by atoms with van der Waals surface area (Å²) in [7, 11) is 0. The minimum atomic E-state index is -0.311. The lowest BCUT2D eigenvalue weighted by atomic mass is 9.95. The number of nitriles is 4. The summed E-state index contributed by atoms with van der Waals surface area (Å²) in [6.45, 7) is 0. The van der Waals surface area contributed by atoms with Gasteiger partial charge in [0.2, 0.25) is 0 Å². The van der Waals surface area contributed by atoms with E-state index in [1.165, 1.54) is 6.07 Å². The van der Waals surface area contributed by atoms with Gasteiger partial charge < -0.3 is 0 Å². The molecule has 0 saturated carbocycles. The molecule has 0 N–H and O–H groups in total. The summed E-state index contributed by atoms with van der Waals surface area (Å²) < 4.78 is 15.2. The molecule has 0 aromatic heterocycles. The van der Waals surface area contributed by atoms with Crippen molar-refractivity contribution in [1.29, 1.82) is 21.0 Å². The van der Waals surface area contributed by atoms with E-state index in [1.54, 1.807) is 36.4 Å². The summed E-state index contributed by atoms with van der Waals surface area (Å²) in [6, 6.07) is 48.2. The average molecular weight is 625 g/mol. The molecule has 0 bridgehead atoms. The minimum Gasteiger partial charge on any atom is -0.206 e. The summed E-state index contributed by atoms with van der Waals surface area (Å²) in [4.78, 5) is 0. The van der Waals surface area contributed by atoms with Crippen LogP contribution in [0.2, 0.25) is 0 Å². The fourth-order valence-electron chi connectivity index (χ4n) is 7.05. The molecule has 49 heavy (non-hydrogen) atoms. The molecule has 6 aromatic rings. The third-order valence-electron chi connectivity index (χ3n) is 9.29. The van der Waals surface area contributed by atoms with E-state index in [4.69, 9.17) is 0 Å². The number of rotatable bonds is 4. The number of nitrogens with zero attached hydrogens (tertiary/aromatic N) is 4. The van der Waals surface area contributed by atoms with Crippen molar-refractivity contribution in [3.05, 3.63) is 150 Å². The molecule has 2 aliphatic carbocycles. The SMILES string of the molecule is N#CC(C#N)=c1c(-c2ccc(-c3ccc(C#N)cc3)cc2)c2c3cccc4c(F)ccc(c-2c1-c1ccc(-c2ccc(C#N)cc2)cc1)c43. The van der Waals surface area contributed by atoms with Gasteiger partial charge in [0.1, 0.15) is 23.5 Å². The molecule has 0 unspecified atom stereocenters. The highest BCUT2D eigenvalue weighted by Gasteiger charge is 2.30. The van der Waals surface area contributed by atoms with E-state index in [2.05, 4.69) is 24.3 Å². The topological polar surface area (TPSA) is 95.2 Å². The predicted octanol–water partition coefficient (Wildman–Crippen LogP) is 10.0. The fourth-order valence-corrected chi connectivity index (χ4v) is 7.05. The summed E-state index contributed by atoms with van der Waals surface area (Å²) in [5.41, 5.74) is 9.81. The summed E-state index contributed by atoms with van der Waals surface area (Å²) in [6.07, 6.45) is 0. The second-order valence-corrected chi connectivity index (χ2v) is 11.8. The van der Waals surface area contributed by atoms with Crippen LogP contribution in [0.1, 0.15) is 11.1 Å². The van der Waals surface area contributed by atoms with Gasteiger partial charge in [0.25, 0.3) is 0 Å². The Hall–Kier alpha value is -7.31. The molecule has 5 heteroatoms. The average Bonchev–Trinajstić information content (AvgIpc) is 3.67. The smallest absolute Gasteiger partial charge is 0.138 e. The van der Waals surface area contributed by atoms with Gasteiger partial charge in [-0.25, -0.2) is 4.39 Å². The first kappa shape index (κ1) is 29.1. The number of benzene rings is 6. The van der Waals surface area contributed by atoms with Crippen LogP contribution in [0.25, 0.3) is 82.8 Å². The first-order chi connectivity index (χ1) is 24.0. The molecule has 4 nitrogen and oxygen atoms in total. The second kappa shape index (κ2) is 11.5. The molecular weight excluding hydrogens is 604 g/mol. The van der Waals surface area contributed by atoms with Gasteiger partial charge in [-0.1, -0.05) is 97.1 Å². The van der Waals surface area contributed by atoms with Crippen molar-refractivity contribution < 1.29 is 4.39 Å². The van der Waals surface area contributed by atoms with Gasteiger partial charge in [0.05, 0.1) is 23.3 Å². The maximum absolute atomic E-state index is 15.2. The molecule has 0 spiro atoms. The van der Waals surface area contributed by atoms with Crippen LogP contribution in [-0.2, 0) is 0 Å². The van der Waals surface area contributed by atoms with Crippen molar-refractivity contribution in [3.8, 4) is 79.9 Å². The van der Waals surface area contributed by atoms with Gasteiger partial charge in [0, 0.05) is 27.1 Å². The van der Waals surface area contributed by atoms with E-state index in [0.29, 0.717) is 21.7 Å². The number of fused-ring (bicyclic) bond motifs is 3.